The number of amides is 2. The second-order valence-electron chi connectivity index (χ2n) is 6.68. The average Bonchev–Trinajstić information content (AvgIpc) is 3.33. The molecule has 2 aromatic heterocycles. The lowest BCUT2D eigenvalue weighted by atomic mass is 10.1. The summed E-state index contributed by atoms with van der Waals surface area (Å²) in [5.41, 5.74) is 2.39. The van der Waals surface area contributed by atoms with E-state index >= 15 is 0 Å². The van der Waals surface area contributed by atoms with Crippen molar-refractivity contribution in [2.24, 2.45) is 7.05 Å². The van der Waals surface area contributed by atoms with Crippen LogP contribution in [0.5, 0.6) is 0 Å². The summed E-state index contributed by atoms with van der Waals surface area (Å²) in [7, 11) is 1.77. The zero-order valence-electron chi connectivity index (χ0n) is 17.1. The predicted molar refractivity (Wildman–Crippen MR) is 109 cm³/mol. The van der Waals surface area contributed by atoms with Gasteiger partial charge in [0.25, 0.3) is 11.8 Å². The molecule has 9 heteroatoms. The van der Waals surface area contributed by atoms with Gasteiger partial charge in [0.05, 0.1) is 34.6 Å². The quantitative estimate of drug-likeness (QED) is 0.604. The van der Waals surface area contributed by atoms with Gasteiger partial charge in [-0.15, -0.1) is 0 Å². The summed E-state index contributed by atoms with van der Waals surface area (Å²) < 4.78 is 12.0. The van der Waals surface area contributed by atoms with Gasteiger partial charge in [-0.1, -0.05) is 12.1 Å². The number of hydrogen-bond donors (Lipinski definition) is 2. The Balaban J connectivity index is 1.69. The molecule has 0 aliphatic carbocycles. The summed E-state index contributed by atoms with van der Waals surface area (Å²) in [6, 6.07) is 9.45. The number of rotatable bonds is 6. The Labute approximate surface area is 173 Å². The van der Waals surface area contributed by atoms with Crippen LogP contribution in [0.15, 0.2) is 47.1 Å². The van der Waals surface area contributed by atoms with Gasteiger partial charge in [0.2, 0.25) is 0 Å². The summed E-state index contributed by atoms with van der Waals surface area (Å²) in [6.07, 6.45) is 0.312. The fraction of sp³-hybridized carbons (Fsp3) is 0.238. The average molecular weight is 410 g/mol. The summed E-state index contributed by atoms with van der Waals surface area (Å²) in [6.45, 7) is 5.07. The highest BCUT2D eigenvalue weighted by molar-refractivity contribution is 6.07. The van der Waals surface area contributed by atoms with Crippen molar-refractivity contribution in [3.8, 4) is 0 Å². The third-order valence-electron chi connectivity index (χ3n) is 4.55. The maximum absolute atomic E-state index is 12.6. The van der Waals surface area contributed by atoms with Gasteiger partial charge in [-0.3, -0.25) is 14.3 Å². The first-order chi connectivity index (χ1) is 14.3. The fourth-order valence-corrected chi connectivity index (χ4v) is 2.82. The van der Waals surface area contributed by atoms with E-state index in [0.29, 0.717) is 11.4 Å². The molecular formula is C21H22N4O5. The molecule has 2 heterocycles. The van der Waals surface area contributed by atoms with Crippen LogP contribution in [-0.2, 0) is 16.6 Å². The van der Waals surface area contributed by atoms with Crippen molar-refractivity contribution in [3.05, 3.63) is 65.4 Å². The number of nitrogens with zero attached hydrogens (tertiary/aromatic N) is 2. The number of carbonyl (C=O) groups is 3. The van der Waals surface area contributed by atoms with Gasteiger partial charge in [0.1, 0.15) is 0 Å². The van der Waals surface area contributed by atoms with E-state index in [4.69, 9.17) is 9.15 Å². The molecule has 2 N–H and O–H groups in total. The number of anilines is 2. The fourth-order valence-electron chi connectivity index (χ4n) is 2.82. The Bertz CT molecular complexity index is 1090. The van der Waals surface area contributed by atoms with E-state index < -0.39 is 23.9 Å². The van der Waals surface area contributed by atoms with Gasteiger partial charge in [0.15, 0.2) is 11.9 Å². The number of nitrogens with one attached hydrogen (secondary N) is 2. The molecule has 2 amide bonds. The molecule has 0 radical (unpaired) electrons. The highest BCUT2D eigenvalue weighted by atomic mass is 16.5. The van der Waals surface area contributed by atoms with Crippen LogP contribution < -0.4 is 10.6 Å². The molecule has 0 saturated heterocycles. The Kier molecular flexibility index (Phi) is 6.01. The van der Waals surface area contributed by atoms with E-state index in [1.54, 1.807) is 42.9 Å². The van der Waals surface area contributed by atoms with Crippen LogP contribution in [0, 0.1) is 13.8 Å². The summed E-state index contributed by atoms with van der Waals surface area (Å²) >= 11 is 0. The van der Waals surface area contributed by atoms with Crippen molar-refractivity contribution in [2.45, 2.75) is 26.9 Å². The lowest BCUT2D eigenvalue weighted by Gasteiger charge is -2.15. The normalized spacial score (nSPS) is 11.6. The molecule has 3 aromatic rings. The number of aryl methyl sites for hydroxylation is 2. The molecule has 3 rings (SSSR count). The van der Waals surface area contributed by atoms with Crippen LogP contribution in [0.2, 0.25) is 0 Å². The molecule has 1 atom stereocenters. The Morgan fingerprint density at radius 1 is 1.10 bits per heavy atom. The van der Waals surface area contributed by atoms with E-state index in [-0.39, 0.29) is 17.0 Å². The van der Waals surface area contributed by atoms with E-state index in [1.807, 2.05) is 6.92 Å². The van der Waals surface area contributed by atoms with E-state index in [1.165, 1.54) is 25.3 Å². The summed E-state index contributed by atoms with van der Waals surface area (Å²) in [5.74, 6) is -1.63. The second-order valence-corrected chi connectivity index (χ2v) is 6.68. The molecule has 0 unspecified atom stereocenters. The van der Waals surface area contributed by atoms with Crippen molar-refractivity contribution in [1.29, 1.82) is 0 Å². The molecule has 1 aromatic carbocycles. The maximum Gasteiger partial charge on any atom is 0.341 e. The molecule has 0 fully saturated rings. The maximum atomic E-state index is 12.6. The third-order valence-corrected chi connectivity index (χ3v) is 4.55. The van der Waals surface area contributed by atoms with Crippen LogP contribution in [0.4, 0.5) is 11.4 Å². The van der Waals surface area contributed by atoms with Gasteiger partial charge >= 0.3 is 5.97 Å². The number of para-hydroxylation sites is 1. The first-order valence-corrected chi connectivity index (χ1v) is 9.24. The number of hydrogen-bond acceptors (Lipinski definition) is 6. The Hall–Kier alpha value is -3.88. The molecule has 30 heavy (non-hydrogen) atoms. The van der Waals surface area contributed by atoms with Gasteiger partial charge in [-0.25, -0.2) is 4.79 Å². The van der Waals surface area contributed by atoms with Crippen LogP contribution >= 0.6 is 0 Å². The minimum absolute atomic E-state index is 0.105. The largest absolute Gasteiger partial charge is 0.459 e. The zero-order chi connectivity index (χ0) is 21.8. The Morgan fingerprint density at radius 3 is 2.47 bits per heavy atom. The van der Waals surface area contributed by atoms with Gasteiger partial charge in [-0.2, -0.15) is 5.10 Å². The third kappa shape index (κ3) is 4.40. The molecule has 0 saturated carbocycles. The highest BCUT2D eigenvalue weighted by Gasteiger charge is 2.23. The van der Waals surface area contributed by atoms with Crippen molar-refractivity contribution in [3.63, 3.8) is 0 Å². The van der Waals surface area contributed by atoms with Crippen LogP contribution in [-0.4, -0.2) is 33.7 Å². The van der Waals surface area contributed by atoms with E-state index in [2.05, 4.69) is 15.7 Å². The topological polar surface area (TPSA) is 115 Å². The number of ether oxygens (including phenoxy) is 1. The van der Waals surface area contributed by atoms with Crippen molar-refractivity contribution < 1.29 is 23.5 Å². The summed E-state index contributed by atoms with van der Waals surface area (Å²) in [5, 5.41) is 9.59. The van der Waals surface area contributed by atoms with Gasteiger partial charge in [0, 0.05) is 7.05 Å². The minimum Gasteiger partial charge on any atom is -0.459 e. The number of carbonyl (C=O) groups excluding carboxylic acids is 3. The molecular weight excluding hydrogens is 388 g/mol. The van der Waals surface area contributed by atoms with Crippen LogP contribution in [0.3, 0.4) is 0 Å². The first kappa shape index (κ1) is 20.8. The molecule has 156 valence electrons. The first-order valence-electron chi connectivity index (χ1n) is 9.24. The van der Waals surface area contributed by atoms with Crippen LogP contribution in [0.25, 0.3) is 0 Å². The standard InChI is InChI=1S/C21H22N4O5/c1-12-18(13(2)25(4)24-12)23-19(26)14(3)30-21(28)15-8-5-6-9-16(15)22-20(27)17-10-7-11-29-17/h5-11,14H,1-4H3,(H,22,27)(H,23,26)/t14-/m1/s1. The van der Waals surface area contributed by atoms with Gasteiger partial charge in [-0.05, 0) is 45.0 Å². The van der Waals surface area contributed by atoms with E-state index in [9.17, 15) is 14.4 Å². The lowest BCUT2D eigenvalue weighted by molar-refractivity contribution is -0.123. The smallest absolute Gasteiger partial charge is 0.341 e. The Morgan fingerprint density at radius 2 is 1.83 bits per heavy atom. The van der Waals surface area contributed by atoms with Crippen LogP contribution in [0.1, 0.15) is 39.2 Å². The number of esters is 1. The molecule has 0 aliphatic rings. The monoisotopic (exact) mass is 410 g/mol. The molecule has 0 aliphatic heterocycles. The zero-order valence-corrected chi connectivity index (χ0v) is 17.1. The van der Waals surface area contributed by atoms with E-state index in [0.717, 1.165) is 5.69 Å². The molecule has 9 nitrogen and oxygen atoms in total. The molecule has 0 spiro atoms. The predicted octanol–water partition coefficient (Wildman–Crippen LogP) is 3.07. The SMILES string of the molecule is Cc1nn(C)c(C)c1NC(=O)[C@@H](C)OC(=O)c1ccccc1NC(=O)c1ccco1. The second kappa shape index (κ2) is 8.64. The van der Waals surface area contributed by atoms with Crippen molar-refractivity contribution in [1.82, 2.24) is 9.78 Å². The molecule has 0 bridgehead atoms. The lowest BCUT2D eigenvalue weighted by Crippen LogP contribution is -2.30. The number of furan rings is 1. The number of aromatic nitrogens is 2. The van der Waals surface area contributed by atoms with Gasteiger partial charge < -0.3 is 19.8 Å². The summed E-state index contributed by atoms with van der Waals surface area (Å²) in [4.78, 5) is 37.4. The minimum atomic E-state index is -1.06. The highest BCUT2D eigenvalue weighted by Crippen LogP contribution is 2.21. The number of benzene rings is 1. The van der Waals surface area contributed by atoms with Crippen molar-refractivity contribution in [2.75, 3.05) is 10.6 Å². The van der Waals surface area contributed by atoms with Crippen molar-refractivity contribution >= 4 is 29.2 Å².